The van der Waals surface area contributed by atoms with Gasteiger partial charge in [0.05, 0.1) is 18.8 Å². The standard InChI is InChI=1S/C19H30N4O6S/c1-5-28-18(24)17-16(20)11-23(30(17,26)27)21-12-19(2,25)13-29-15-8-6-7-14(9-15)10-22(3)4/h6-9,21,25H,5,10-13,20H2,1-4H3. The largest absolute Gasteiger partial charge is 0.491 e. The van der Waals surface area contributed by atoms with Crippen molar-refractivity contribution in [2.45, 2.75) is 26.0 Å². The van der Waals surface area contributed by atoms with E-state index in [9.17, 15) is 18.3 Å². The lowest BCUT2D eigenvalue weighted by Crippen LogP contribution is -2.50. The van der Waals surface area contributed by atoms with Crippen molar-refractivity contribution in [2.24, 2.45) is 5.73 Å². The van der Waals surface area contributed by atoms with Crippen LogP contribution in [0.5, 0.6) is 5.75 Å². The lowest BCUT2D eigenvalue weighted by Gasteiger charge is -2.27. The van der Waals surface area contributed by atoms with Gasteiger partial charge in [0.15, 0.2) is 4.91 Å². The van der Waals surface area contributed by atoms with Gasteiger partial charge in [0.2, 0.25) is 0 Å². The van der Waals surface area contributed by atoms with Crippen LogP contribution in [0.3, 0.4) is 0 Å². The number of esters is 1. The van der Waals surface area contributed by atoms with E-state index in [0.29, 0.717) is 5.75 Å². The maximum absolute atomic E-state index is 12.5. The second kappa shape index (κ2) is 9.75. The summed E-state index contributed by atoms with van der Waals surface area (Å²) in [6.07, 6.45) is 0. The third-order valence-electron chi connectivity index (χ3n) is 4.20. The smallest absolute Gasteiger partial charge is 0.353 e. The summed E-state index contributed by atoms with van der Waals surface area (Å²) >= 11 is 0. The van der Waals surface area contributed by atoms with Crippen molar-refractivity contribution in [2.75, 3.05) is 40.4 Å². The first-order valence-corrected chi connectivity index (χ1v) is 10.9. The monoisotopic (exact) mass is 442 g/mol. The predicted molar refractivity (Wildman–Crippen MR) is 111 cm³/mol. The second-order valence-electron chi connectivity index (χ2n) is 7.59. The Morgan fingerprint density at radius 2 is 2.10 bits per heavy atom. The zero-order chi connectivity index (χ0) is 22.5. The SMILES string of the molecule is CCOC(=O)C1=C(N)CN(NCC(C)(O)COc2cccc(CN(C)C)c2)S1(=O)=O. The Hall–Kier alpha value is -2.18. The topological polar surface area (TPSA) is 134 Å². The van der Waals surface area contributed by atoms with Crippen molar-refractivity contribution < 1.29 is 27.8 Å². The molecule has 0 amide bonds. The lowest BCUT2D eigenvalue weighted by molar-refractivity contribution is -0.137. The van der Waals surface area contributed by atoms with Gasteiger partial charge in [-0.15, -0.1) is 4.41 Å². The molecular formula is C19H30N4O6S. The summed E-state index contributed by atoms with van der Waals surface area (Å²) in [6.45, 7) is 3.41. The number of carbonyl (C=O) groups is 1. The number of carbonyl (C=O) groups excluding carboxylic acids is 1. The Morgan fingerprint density at radius 1 is 1.40 bits per heavy atom. The number of hydrazine groups is 1. The molecule has 30 heavy (non-hydrogen) atoms. The Kier molecular flexibility index (Phi) is 7.83. The van der Waals surface area contributed by atoms with Crippen molar-refractivity contribution in [3.8, 4) is 5.75 Å². The zero-order valence-corrected chi connectivity index (χ0v) is 18.5. The number of ether oxygens (including phenoxy) is 2. The molecular weight excluding hydrogens is 412 g/mol. The average Bonchev–Trinajstić information content (AvgIpc) is 2.86. The van der Waals surface area contributed by atoms with Crippen molar-refractivity contribution in [1.29, 1.82) is 0 Å². The van der Waals surface area contributed by atoms with E-state index in [4.69, 9.17) is 15.2 Å². The number of sulfonamides is 1. The number of nitrogens with two attached hydrogens (primary N) is 1. The van der Waals surface area contributed by atoms with Crippen LogP contribution in [0.15, 0.2) is 34.9 Å². The van der Waals surface area contributed by atoms with Gasteiger partial charge < -0.3 is 25.2 Å². The molecule has 0 spiro atoms. The minimum atomic E-state index is -4.16. The van der Waals surface area contributed by atoms with E-state index >= 15 is 0 Å². The highest BCUT2D eigenvalue weighted by molar-refractivity contribution is 7.94. The molecule has 0 aliphatic carbocycles. The lowest BCUT2D eigenvalue weighted by atomic mass is 10.1. The molecule has 1 aliphatic rings. The Morgan fingerprint density at radius 3 is 2.73 bits per heavy atom. The van der Waals surface area contributed by atoms with Crippen LogP contribution in [0.4, 0.5) is 0 Å². The minimum absolute atomic E-state index is 0.0281. The van der Waals surface area contributed by atoms with Crippen LogP contribution in [0.2, 0.25) is 0 Å². The Balaban J connectivity index is 1.95. The van der Waals surface area contributed by atoms with Crippen LogP contribution < -0.4 is 15.9 Å². The van der Waals surface area contributed by atoms with E-state index in [0.717, 1.165) is 16.5 Å². The molecule has 0 radical (unpaired) electrons. The van der Waals surface area contributed by atoms with E-state index < -0.39 is 26.5 Å². The Bertz CT molecular complexity index is 898. The maximum Gasteiger partial charge on any atom is 0.353 e. The molecule has 10 nitrogen and oxygen atoms in total. The number of hydrogen-bond acceptors (Lipinski definition) is 9. The fourth-order valence-electron chi connectivity index (χ4n) is 2.81. The van der Waals surface area contributed by atoms with Gasteiger partial charge in [-0.05, 0) is 45.6 Å². The number of aliphatic hydroxyl groups is 1. The highest BCUT2D eigenvalue weighted by Gasteiger charge is 2.42. The molecule has 0 aromatic heterocycles. The van der Waals surface area contributed by atoms with E-state index in [1.165, 1.54) is 6.92 Å². The molecule has 1 atom stereocenters. The van der Waals surface area contributed by atoms with Gasteiger partial charge in [-0.2, -0.15) is 0 Å². The molecule has 0 saturated heterocycles. The van der Waals surface area contributed by atoms with Crippen LogP contribution in [-0.2, 0) is 26.1 Å². The number of hydrogen-bond donors (Lipinski definition) is 3. The quantitative estimate of drug-likeness (QED) is 0.420. The zero-order valence-electron chi connectivity index (χ0n) is 17.7. The van der Waals surface area contributed by atoms with Gasteiger partial charge in [-0.3, -0.25) is 0 Å². The summed E-state index contributed by atoms with van der Waals surface area (Å²) in [4.78, 5) is 13.4. The summed E-state index contributed by atoms with van der Waals surface area (Å²) in [7, 11) is -0.232. The fraction of sp³-hybridized carbons (Fsp3) is 0.526. The average molecular weight is 443 g/mol. The molecule has 0 fully saturated rings. The highest BCUT2D eigenvalue weighted by atomic mass is 32.2. The first kappa shape index (κ1) is 24.1. The van der Waals surface area contributed by atoms with E-state index in [1.807, 2.05) is 37.2 Å². The normalized spacial score (nSPS) is 18.5. The molecule has 1 aromatic carbocycles. The highest BCUT2D eigenvalue weighted by Crippen LogP contribution is 2.24. The number of nitrogens with zero attached hydrogens (tertiary/aromatic N) is 2. The molecule has 0 bridgehead atoms. The number of nitrogens with one attached hydrogen (secondary N) is 1. The van der Waals surface area contributed by atoms with E-state index in [-0.39, 0.29) is 32.0 Å². The summed E-state index contributed by atoms with van der Waals surface area (Å²) in [6, 6.07) is 7.50. The molecule has 11 heteroatoms. The first-order chi connectivity index (χ1) is 14.0. The summed E-state index contributed by atoms with van der Waals surface area (Å²) in [5, 5.41) is 10.6. The van der Waals surface area contributed by atoms with Crippen LogP contribution in [-0.4, -0.2) is 74.8 Å². The first-order valence-electron chi connectivity index (χ1n) is 9.47. The summed E-state index contributed by atoms with van der Waals surface area (Å²) < 4.78 is 36.4. The molecule has 0 saturated carbocycles. The summed E-state index contributed by atoms with van der Waals surface area (Å²) in [5.41, 5.74) is 7.90. The molecule has 1 aliphatic heterocycles. The second-order valence-corrected chi connectivity index (χ2v) is 9.39. The van der Waals surface area contributed by atoms with Gasteiger partial charge in [0.1, 0.15) is 18.0 Å². The Labute approximate surface area is 177 Å². The minimum Gasteiger partial charge on any atom is -0.491 e. The third-order valence-corrected chi connectivity index (χ3v) is 5.98. The molecule has 4 N–H and O–H groups in total. The van der Waals surface area contributed by atoms with Crippen molar-refractivity contribution in [1.82, 2.24) is 14.7 Å². The fourth-order valence-corrected chi connectivity index (χ4v) is 4.24. The van der Waals surface area contributed by atoms with E-state index in [1.54, 1.807) is 13.0 Å². The predicted octanol–water partition coefficient (Wildman–Crippen LogP) is -0.239. The van der Waals surface area contributed by atoms with Crippen molar-refractivity contribution >= 4 is 16.0 Å². The van der Waals surface area contributed by atoms with Crippen molar-refractivity contribution in [3.63, 3.8) is 0 Å². The van der Waals surface area contributed by atoms with Crippen LogP contribution in [0.25, 0.3) is 0 Å². The van der Waals surface area contributed by atoms with E-state index in [2.05, 4.69) is 5.43 Å². The van der Waals surface area contributed by atoms with Gasteiger partial charge in [-0.25, -0.2) is 18.6 Å². The van der Waals surface area contributed by atoms with Crippen LogP contribution in [0, 0.1) is 0 Å². The molecule has 2 rings (SSSR count). The molecule has 1 aromatic rings. The molecule has 168 valence electrons. The van der Waals surface area contributed by atoms with Gasteiger partial charge in [0, 0.05) is 13.1 Å². The van der Waals surface area contributed by atoms with Gasteiger partial charge >= 0.3 is 5.97 Å². The molecule has 1 heterocycles. The molecule has 1 unspecified atom stereocenters. The maximum atomic E-state index is 12.5. The van der Waals surface area contributed by atoms with Crippen LogP contribution in [0.1, 0.15) is 19.4 Å². The third kappa shape index (κ3) is 6.16. The number of benzene rings is 1. The number of rotatable bonds is 10. The van der Waals surface area contributed by atoms with Crippen LogP contribution >= 0.6 is 0 Å². The van der Waals surface area contributed by atoms with Crippen molar-refractivity contribution in [3.05, 3.63) is 40.4 Å². The van der Waals surface area contributed by atoms with Gasteiger partial charge in [0.25, 0.3) is 10.0 Å². The van der Waals surface area contributed by atoms with Gasteiger partial charge in [-0.1, -0.05) is 12.1 Å². The summed E-state index contributed by atoms with van der Waals surface area (Å²) in [5.74, 6) is -0.397.